The van der Waals surface area contributed by atoms with Crippen LogP contribution >= 0.6 is 0 Å². The molecule has 0 radical (unpaired) electrons. The molecule has 1 aromatic carbocycles. The Hall–Kier alpha value is -2.21. The number of fused-ring (bicyclic) bond motifs is 1. The fourth-order valence-electron chi connectivity index (χ4n) is 2.27. The molecule has 0 saturated heterocycles. The number of carbonyl (C=O) groups is 1. The van der Waals surface area contributed by atoms with E-state index in [9.17, 15) is 10.1 Å². The van der Waals surface area contributed by atoms with Crippen molar-refractivity contribution in [1.82, 2.24) is 4.98 Å². The van der Waals surface area contributed by atoms with Gasteiger partial charge in [0, 0.05) is 18.2 Å². The Balaban J connectivity index is 2.13. The van der Waals surface area contributed by atoms with Gasteiger partial charge >= 0.3 is 0 Å². The molecule has 3 nitrogen and oxygen atoms in total. The Bertz CT molecular complexity index is 647. The molecule has 0 amide bonds. The monoisotopic (exact) mass is 222 g/mol. The van der Waals surface area contributed by atoms with Crippen molar-refractivity contribution in [2.45, 2.75) is 18.3 Å². The van der Waals surface area contributed by atoms with Crippen molar-refractivity contribution in [3.05, 3.63) is 42.1 Å². The largest absolute Gasteiger partial charge is 0.300 e. The van der Waals surface area contributed by atoms with Crippen molar-refractivity contribution < 1.29 is 4.79 Å². The van der Waals surface area contributed by atoms with Crippen LogP contribution in [-0.4, -0.2) is 10.8 Å². The number of ketones is 1. The maximum absolute atomic E-state index is 11.1. The highest BCUT2D eigenvalue weighted by atomic mass is 16.1. The van der Waals surface area contributed by atoms with Crippen molar-refractivity contribution in [2.24, 2.45) is 0 Å². The van der Waals surface area contributed by atoms with Crippen LogP contribution in [0, 0.1) is 11.3 Å². The summed E-state index contributed by atoms with van der Waals surface area (Å²) in [7, 11) is 0. The fraction of sp³-hybridized carbons (Fsp3) is 0.214. The Labute approximate surface area is 98.7 Å². The van der Waals surface area contributed by atoms with Gasteiger partial charge in [-0.25, -0.2) is 0 Å². The second-order valence-corrected chi connectivity index (χ2v) is 4.48. The van der Waals surface area contributed by atoms with Crippen molar-refractivity contribution >= 4 is 16.7 Å². The minimum atomic E-state index is -0.679. The van der Waals surface area contributed by atoms with Gasteiger partial charge in [0.15, 0.2) is 0 Å². The van der Waals surface area contributed by atoms with E-state index < -0.39 is 5.41 Å². The van der Waals surface area contributed by atoms with Gasteiger partial charge in [0.25, 0.3) is 0 Å². The van der Waals surface area contributed by atoms with E-state index in [-0.39, 0.29) is 5.78 Å². The average molecular weight is 222 g/mol. The lowest BCUT2D eigenvalue weighted by Gasteiger charge is -2.33. The van der Waals surface area contributed by atoms with E-state index in [1.165, 1.54) is 0 Å². The molecule has 1 aliphatic rings. The van der Waals surface area contributed by atoms with Crippen LogP contribution in [0.15, 0.2) is 36.4 Å². The summed E-state index contributed by atoms with van der Waals surface area (Å²) in [5.74, 6) is 0.140. The molecule has 0 N–H and O–H groups in total. The zero-order valence-corrected chi connectivity index (χ0v) is 9.18. The highest BCUT2D eigenvalue weighted by Gasteiger charge is 2.46. The number of carbonyl (C=O) groups excluding carboxylic acids is 1. The highest BCUT2D eigenvalue weighted by Crippen LogP contribution is 2.40. The third kappa shape index (κ3) is 1.42. The van der Waals surface area contributed by atoms with Crippen LogP contribution in [0.3, 0.4) is 0 Å². The summed E-state index contributed by atoms with van der Waals surface area (Å²) in [6.45, 7) is 0. The minimum absolute atomic E-state index is 0.140. The van der Waals surface area contributed by atoms with E-state index in [0.29, 0.717) is 12.8 Å². The van der Waals surface area contributed by atoms with Crippen molar-refractivity contribution in [3.63, 3.8) is 0 Å². The SMILES string of the molecule is N#CC1(c2ccc3ccccc3n2)CC(=O)C1. The minimum Gasteiger partial charge on any atom is -0.300 e. The maximum Gasteiger partial charge on any atom is 0.136 e. The molecular formula is C14H10N2O. The number of pyridine rings is 1. The van der Waals surface area contributed by atoms with Crippen LogP contribution in [0.25, 0.3) is 10.9 Å². The summed E-state index contributed by atoms with van der Waals surface area (Å²) in [6.07, 6.45) is 0.601. The number of Topliss-reactive ketones (excluding diaryl/α,β-unsaturated/α-hetero) is 1. The molecule has 0 unspecified atom stereocenters. The van der Waals surface area contributed by atoms with E-state index in [1.807, 2.05) is 36.4 Å². The summed E-state index contributed by atoms with van der Waals surface area (Å²) in [5.41, 5.74) is 0.915. The number of rotatable bonds is 1. The smallest absolute Gasteiger partial charge is 0.136 e. The molecule has 1 saturated carbocycles. The molecule has 2 aromatic rings. The van der Waals surface area contributed by atoms with Gasteiger partial charge in [0.2, 0.25) is 0 Å². The first-order valence-corrected chi connectivity index (χ1v) is 5.53. The molecule has 0 atom stereocenters. The Morgan fingerprint density at radius 1 is 1.18 bits per heavy atom. The van der Waals surface area contributed by atoms with E-state index in [1.54, 1.807) is 0 Å². The number of benzene rings is 1. The van der Waals surface area contributed by atoms with Gasteiger partial charge in [-0.05, 0) is 12.1 Å². The molecule has 1 fully saturated rings. The molecule has 82 valence electrons. The zero-order valence-electron chi connectivity index (χ0n) is 9.18. The maximum atomic E-state index is 11.1. The second-order valence-electron chi connectivity index (χ2n) is 4.48. The molecule has 1 aliphatic carbocycles. The lowest BCUT2D eigenvalue weighted by Crippen LogP contribution is -2.41. The van der Waals surface area contributed by atoms with Crippen molar-refractivity contribution in [1.29, 1.82) is 5.26 Å². The summed E-state index contributed by atoms with van der Waals surface area (Å²) in [5, 5.41) is 10.3. The highest BCUT2D eigenvalue weighted by molar-refractivity contribution is 5.90. The standard InChI is InChI=1S/C14H10N2O/c15-9-14(7-11(17)8-14)13-6-5-10-3-1-2-4-12(10)16-13/h1-6H,7-8H2. The van der Waals surface area contributed by atoms with E-state index in [0.717, 1.165) is 16.6 Å². The van der Waals surface area contributed by atoms with Gasteiger partial charge in [0.05, 0.1) is 17.3 Å². The number of hydrogen-bond donors (Lipinski definition) is 0. The third-order valence-electron chi connectivity index (χ3n) is 3.30. The second kappa shape index (κ2) is 3.39. The van der Waals surface area contributed by atoms with Crippen molar-refractivity contribution in [2.75, 3.05) is 0 Å². The van der Waals surface area contributed by atoms with Gasteiger partial charge in [-0.3, -0.25) is 9.78 Å². The third-order valence-corrected chi connectivity index (χ3v) is 3.30. The molecule has 0 spiro atoms. The van der Waals surface area contributed by atoms with Crippen molar-refractivity contribution in [3.8, 4) is 6.07 Å². The number of aromatic nitrogens is 1. The zero-order chi connectivity index (χ0) is 11.9. The van der Waals surface area contributed by atoms with Crippen LogP contribution in [0.4, 0.5) is 0 Å². The predicted octanol–water partition coefficient (Wildman–Crippen LogP) is 2.36. The van der Waals surface area contributed by atoms with E-state index in [4.69, 9.17) is 0 Å². The van der Waals surface area contributed by atoms with Gasteiger partial charge in [-0.15, -0.1) is 0 Å². The number of nitriles is 1. The topological polar surface area (TPSA) is 53.8 Å². The quantitative estimate of drug-likeness (QED) is 0.744. The summed E-state index contributed by atoms with van der Waals surface area (Å²) in [4.78, 5) is 15.6. The number of para-hydroxylation sites is 1. The van der Waals surface area contributed by atoms with Crippen LogP contribution in [-0.2, 0) is 10.2 Å². The molecule has 3 rings (SSSR count). The molecule has 1 aromatic heterocycles. The molecular weight excluding hydrogens is 212 g/mol. The average Bonchev–Trinajstić information content (AvgIpc) is 2.34. The Morgan fingerprint density at radius 3 is 2.65 bits per heavy atom. The molecule has 0 aliphatic heterocycles. The fourth-order valence-corrected chi connectivity index (χ4v) is 2.27. The van der Waals surface area contributed by atoms with Gasteiger partial charge in [0.1, 0.15) is 11.2 Å². The normalized spacial score (nSPS) is 17.5. The summed E-state index contributed by atoms with van der Waals surface area (Å²) < 4.78 is 0. The van der Waals surface area contributed by atoms with Crippen LogP contribution in [0.5, 0.6) is 0 Å². The van der Waals surface area contributed by atoms with Gasteiger partial charge in [-0.1, -0.05) is 24.3 Å². The summed E-state index contributed by atoms with van der Waals surface area (Å²) >= 11 is 0. The Kier molecular flexibility index (Phi) is 1.99. The Morgan fingerprint density at radius 2 is 1.94 bits per heavy atom. The van der Waals surface area contributed by atoms with E-state index in [2.05, 4.69) is 11.1 Å². The van der Waals surface area contributed by atoms with Crippen LogP contribution in [0.1, 0.15) is 18.5 Å². The first-order chi connectivity index (χ1) is 8.23. The molecule has 17 heavy (non-hydrogen) atoms. The van der Waals surface area contributed by atoms with Gasteiger partial charge < -0.3 is 0 Å². The van der Waals surface area contributed by atoms with E-state index >= 15 is 0 Å². The first-order valence-electron chi connectivity index (χ1n) is 5.53. The molecule has 3 heteroatoms. The summed E-state index contributed by atoms with van der Waals surface area (Å²) in [6, 6.07) is 13.8. The lowest BCUT2D eigenvalue weighted by molar-refractivity contribution is -0.126. The predicted molar refractivity (Wildman–Crippen MR) is 63.3 cm³/mol. The molecule has 0 bridgehead atoms. The first kappa shape index (κ1) is 9.98. The molecule has 1 heterocycles. The number of hydrogen-bond acceptors (Lipinski definition) is 3. The lowest BCUT2D eigenvalue weighted by atomic mass is 9.66. The van der Waals surface area contributed by atoms with Crippen LogP contribution < -0.4 is 0 Å². The van der Waals surface area contributed by atoms with Gasteiger partial charge in [-0.2, -0.15) is 5.26 Å². The van der Waals surface area contributed by atoms with Crippen LogP contribution in [0.2, 0.25) is 0 Å². The number of nitrogens with zero attached hydrogens (tertiary/aromatic N) is 2.